The summed E-state index contributed by atoms with van der Waals surface area (Å²) in [6.45, 7) is 4.29. The van der Waals surface area contributed by atoms with Crippen LogP contribution in [-0.4, -0.2) is 18.2 Å². The Morgan fingerprint density at radius 1 is 0.972 bits per heavy atom. The molecule has 0 atom stereocenters. The van der Waals surface area contributed by atoms with E-state index in [9.17, 15) is 26.3 Å². The van der Waals surface area contributed by atoms with Gasteiger partial charge in [0.15, 0.2) is 17.9 Å². The van der Waals surface area contributed by atoms with Crippen molar-refractivity contribution >= 4 is 0 Å². The second-order valence-electron chi connectivity index (χ2n) is 8.60. The first-order valence-corrected chi connectivity index (χ1v) is 11.3. The molecule has 10 heteroatoms. The van der Waals surface area contributed by atoms with Crippen LogP contribution < -0.4 is 4.74 Å². The Bertz CT molecular complexity index is 1180. The number of pyridine rings is 1. The van der Waals surface area contributed by atoms with E-state index >= 15 is 0 Å². The van der Waals surface area contributed by atoms with E-state index in [1.54, 1.807) is 6.07 Å². The fourth-order valence-corrected chi connectivity index (χ4v) is 3.98. The SMILES string of the molecule is CCCC1COC(c2ccc(-c3cc(F)c(C(F)(F)Oc4cc(C)c(F)c(F)c4)c(F)c3)nc2)OC1. The minimum Gasteiger partial charge on any atom is -0.429 e. The number of rotatable bonds is 7. The lowest BCUT2D eigenvalue weighted by Gasteiger charge is -2.29. The summed E-state index contributed by atoms with van der Waals surface area (Å²) in [5.74, 6) is -6.34. The van der Waals surface area contributed by atoms with Gasteiger partial charge in [-0.25, -0.2) is 17.6 Å². The van der Waals surface area contributed by atoms with E-state index in [1.807, 2.05) is 0 Å². The van der Waals surface area contributed by atoms with Crippen LogP contribution in [0.1, 0.15) is 42.7 Å². The number of ether oxygens (including phenoxy) is 3. The van der Waals surface area contributed by atoms with Crippen molar-refractivity contribution in [1.29, 1.82) is 0 Å². The van der Waals surface area contributed by atoms with E-state index in [-0.39, 0.29) is 16.8 Å². The molecule has 0 saturated carbocycles. The first kappa shape index (κ1) is 26.0. The van der Waals surface area contributed by atoms with Crippen molar-refractivity contribution in [3.63, 3.8) is 0 Å². The van der Waals surface area contributed by atoms with Gasteiger partial charge in [-0.15, -0.1) is 0 Å². The molecule has 2 heterocycles. The maximum atomic E-state index is 14.7. The Kier molecular flexibility index (Phi) is 7.56. The topological polar surface area (TPSA) is 40.6 Å². The second-order valence-corrected chi connectivity index (χ2v) is 8.60. The van der Waals surface area contributed by atoms with Crippen LogP contribution in [0, 0.1) is 36.1 Å². The molecule has 1 saturated heterocycles. The largest absolute Gasteiger partial charge is 0.432 e. The standard InChI is InChI=1S/C26H23F6NO3/c1-3-4-15-12-34-25(35-13-15)16-5-6-22(33-11-16)17-8-19(27)23(20(28)9-17)26(31,32)36-18-7-14(2)24(30)21(29)10-18/h5-11,15,25H,3-4,12-13H2,1-2H3. The average Bonchev–Trinajstić information content (AvgIpc) is 2.82. The van der Waals surface area contributed by atoms with Crippen molar-refractivity contribution in [2.24, 2.45) is 5.92 Å². The molecule has 3 aromatic rings. The summed E-state index contributed by atoms with van der Waals surface area (Å²) in [6, 6.07) is 5.63. The first-order chi connectivity index (χ1) is 17.1. The monoisotopic (exact) mass is 511 g/mol. The molecule has 1 aliphatic rings. The van der Waals surface area contributed by atoms with Gasteiger partial charge in [-0.1, -0.05) is 19.4 Å². The summed E-state index contributed by atoms with van der Waals surface area (Å²) < 4.78 is 101. The molecule has 0 bridgehead atoms. The number of alkyl halides is 2. The van der Waals surface area contributed by atoms with Crippen LogP contribution >= 0.6 is 0 Å². The van der Waals surface area contributed by atoms with Gasteiger partial charge in [0.05, 0.1) is 18.9 Å². The fourth-order valence-electron chi connectivity index (χ4n) is 3.98. The molecular formula is C26H23F6NO3. The van der Waals surface area contributed by atoms with Crippen LogP contribution in [0.25, 0.3) is 11.3 Å². The van der Waals surface area contributed by atoms with Crippen molar-refractivity contribution in [3.8, 4) is 17.0 Å². The van der Waals surface area contributed by atoms with Gasteiger partial charge in [0.25, 0.3) is 0 Å². The minimum atomic E-state index is -4.51. The third-order valence-electron chi connectivity index (χ3n) is 5.78. The molecular weight excluding hydrogens is 488 g/mol. The summed E-state index contributed by atoms with van der Waals surface area (Å²) in [4.78, 5) is 4.16. The van der Waals surface area contributed by atoms with Crippen LogP contribution in [0.3, 0.4) is 0 Å². The molecule has 4 nitrogen and oxygen atoms in total. The molecule has 0 radical (unpaired) electrons. The number of halogens is 6. The number of hydrogen-bond donors (Lipinski definition) is 0. The van der Waals surface area contributed by atoms with Crippen molar-refractivity contribution < 1.29 is 40.6 Å². The zero-order valence-electron chi connectivity index (χ0n) is 19.5. The molecule has 1 fully saturated rings. The van der Waals surface area contributed by atoms with E-state index in [1.165, 1.54) is 12.3 Å². The lowest BCUT2D eigenvalue weighted by atomic mass is 10.0. The molecule has 2 aromatic carbocycles. The fraction of sp³-hybridized carbons (Fsp3) is 0.346. The van der Waals surface area contributed by atoms with Crippen LogP contribution in [0.15, 0.2) is 42.6 Å². The van der Waals surface area contributed by atoms with E-state index in [2.05, 4.69) is 16.6 Å². The minimum absolute atomic E-state index is 0.0896. The summed E-state index contributed by atoms with van der Waals surface area (Å²) >= 11 is 0. The highest BCUT2D eigenvalue weighted by Crippen LogP contribution is 2.37. The highest BCUT2D eigenvalue weighted by Gasteiger charge is 2.41. The molecule has 1 aliphatic heterocycles. The van der Waals surface area contributed by atoms with E-state index in [0.717, 1.165) is 25.8 Å². The number of aryl methyl sites for hydroxylation is 1. The molecule has 0 N–H and O–H groups in total. The van der Waals surface area contributed by atoms with E-state index in [0.29, 0.717) is 42.9 Å². The van der Waals surface area contributed by atoms with Gasteiger partial charge >= 0.3 is 6.11 Å². The lowest BCUT2D eigenvalue weighted by Crippen LogP contribution is -2.27. The Morgan fingerprint density at radius 3 is 2.19 bits per heavy atom. The van der Waals surface area contributed by atoms with Crippen molar-refractivity contribution in [1.82, 2.24) is 4.98 Å². The maximum Gasteiger partial charge on any atom is 0.432 e. The van der Waals surface area contributed by atoms with Gasteiger partial charge in [-0.05, 0) is 43.2 Å². The molecule has 0 amide bonds. The summed E-state index contributed by atoms with van der Waals surface area (Å²) in [6.07, 6.45) is -1.70. The van der Waals surface area contributed by atoms with Crippen LogP contribution in [-0.2, 0) is 15.6 Å². The number of nitrogens with zero attached hydrogens (tertiary/aromatic N) is 1. The Labute approximate surface area is 203 Å². The Hall–Kier alpha value is -3.11. The smallest absolute Gasteiger partial charge is 0.429 e. The molecule has 0 spiro atoms. The molecule has 36 heavy (non-hydrogen) atoms. The molecule has 0 aliphatic carbocycles. The molecule has 192 valence electrons. The third-order valence-corrected chi connectivity index (χ3v) is 5.78. The average molecular weight is 511 g/mol. The van der Waals surface area contributed by atoms with Gasteiger partial charge in [-0.2, -0.15) is 8.78 Å². The predicted molar refractivity (Wildman–Crippen MR) is 118 cm³/mol. The number of benzene rings is 2. The van der Waals surface area contributed by atoms with Gasteiger partial charge in [0, 0.05) is 29.3 Å². The lowest BCUT2D eigenvalue weighted by molar-refractivity contribution is -0.206. The van der Waals surface area contributed by atoms with Gasteiger partial charge in [0.1, 0.15) is 22.9 Å². The highest BCUT2D eigenvalue weighted by atomic mass is 19.3. The molecule has 1 aromatic heterocycles. The van der Waals surface area contributed by atoms with Crippen LogP contribution in [0.2, 0.25) is 0 Å². The number of aromatic nitrogens is 1. The second kappa shape index (κ2) is 10.5. The van der Waals surface area contributed by atoms with Crippen molar-refractivity contribution in [2.75, 3.05) is 13.2 Å². The zero-order chi connectivity index (χ0) is 26.0. The Morgan fingerprint density at radius 2 is 1.64 bits per heavy atom. The summed E-state index contributed by atoms with van der Waals surface area (Å²) in [5.41, 5.74) is -1.34. The first-order valence-electron chi connectivity index (χ1n) is 11.3. The van der Waals surface area contributed by atoms with Gasteiger partial charge < -0.3 is 14.2 Å². The van der Waals surface area contributed by atoms with E-state index in [4.69, 9.17) is 9.47 Å². The molecule has 0 unspecified atom stereocenters. The van der Waals surface area contributed by atoms with Crippen LogP contribution in [0.4, 0.5) is 26.3 Å². The normalized spacial score (nSPS) is 18.3. The number of hydrogen-bond acceptors (Lipinski definition) is 4. The van der Waals surface area contributed by atoms with Crippen molar-refractivity contribution in [2.45, 2.75) is 39.1 Å². The molecule has 4 rings (SSSR count). The van der Waals surface area contributed by atoms with Crippen LogP contribution in [0.5, 0.6) is 5.75 Å². The predicted octanol–water partition coefficient (Wildman–Crippen LogP) is 7.20. The third kappa shape index (κ3) is 5.49. The summed E-state index contributed by atoms with van der Waals surface area (Å²) in [7, 11) is 0. The Balaban J connectivity index is 1.53. The van der Waals surface area contributed by atoms with E-state index < -0.39 is 47.0 Å². The van der Waals surface area contributed by atoms with Gasteiger partial charge in [0.2, 0.25) is 0 Å². The highest BCUT2D eigenvalue weighted by molar-refractivity contribution is 5.60. The quantitative estimate of drug-likeness (QED) is 0.315. The van der Waals surface area contributed by atoms with Gasteiger partial charge in [-0.3, -0.25) is 4.98 Å². The van der Waals surface area contributed by atoms with Crippen molar-refractivity contribution in [3.05, 3.63) is 82.6 Å². The summed E-state index contributed by atoms with van der Waals surface area (Å²) in [5, 5.41) is 0. The maximum absolute atomic E-state index is 14.7. The zero-order valence-corrected chi connectivity index (χ0v) is 19.5.